The van der Waals surface area contributed by atoms with Gasteiger partial charge in [0, 0.05) is 66.2 Å². The molecule has 0 fully saturated rings. The first-order valence-electron chi connectivity index (χ1n) is 8.72. The molecule has 0 saturated heterocycles. The molecule has 13 heteroatoms. The van der Waals surface area contributed by atoms with E-state index >= 15 is 0 Å². The molecule has 0 spiro atoms. The van der Waals surface area contributed by atoms with E-state index in [4.69, 9.17) is 0 Å². The van der Waals surface area contributed by atoms with Gasteiger partial charge in [0.2, 0.25) is 0 Å². The van der Waals surface area contributed by atoms with E-state index in [0.717, 1.165) is 0 Å². The third-order valence-electron chi connectivity index (χ3n) is 2.88. The fraction of sp³-hybridized carbons (Fsp3) is 0.294. The molecule has 0 amide bonds. The van der Waals surface area contributed by atoms with E-state index in [2.05, 4.69) is 40.7 Å². The highest BCUT2D eigenvalue weighted by atomic mass is 15.4. The van der Waals surface area contributed by atoms with Crippen molar-refractivity contribution in [2.24, 2.45) is 35.2 Å². The Kier molecular flexibility index (Phi) is 11.8. The lowest BCUT2D eigenvalue weighted by atomic mass is 10.8. The molecule has 0 radical (unpaired) electrons. The minimum Gasteiger partial charge on any atom is -0.341 e. The van der Waals surface area contributed by atoms with Gasteiger partial charge in [-0.05, 0) is 6.07 Å². The first-order chi connectivity index (χ1) is 14.5. The topological polar surface area (TPSA) is 128 Å². The van der Waals surface area contributed by atoms with E-state index in [0.29, 0.717) is 0 Å². The second kappa shape index (κ2) is 14.8. The maximum Gasteiger partial charge on any atom is 0.137 e. The van der Waals surface area contributed by atoms with Crippen LogP contribution in [0, 0.1) is 0 Å². The van der Waals surface area contributed by atoms with Crippen molar-refractivity contribution in [2.75, 3.05) is 0 Å². The SMILES string of the molecule is Cn1cccn1.Cn1ccnc1.Cn1ccnn1.Cn1cncn1.Cn1nccn1. The predicted octanol–water partition coefficient (Wildman–Crippen LogP) is 0.286. The van der Waals surface area contributed by atoms with Gasteiger partial charge in [-0.3, -0.25) is 14.0 Å². The molecule has 0 aliphatic carbocycles. The van der Waals surface area contributed by atoms with E-state index in [1.54, 1.807) is 70.9 Å². The Bertz CT molecular complexity index is 735. The van der Waals surface area contributed by atoms with Crippen LogP contribution < -0.4 is 0 Å². The highest BCUT2D eigenvalue weighted by Gasteiger charge is 1.72. The van der Waals surface area contributed by atoms with Crippen LogP contribution in [0.2, 0.25) is 0 Å². The summed E-state index contributed by atoms with van der Waals surface area (Å²) in [6.07, 6.45) is 18.9. The summed E-state index contributed by atoms with van der Waals surface area (Å²) in [6, 6.07) is 1.89. The minimum atomic E-state index is 1.50. The number of rotatable bonds is 0. The maximum absolute atomic E-state index is 3.83. The Morgan fingerprint density at radius 2 is 1.33 bits per heavy atom. The molecule has 5 aromatic heterocycles. The van der Waals surface area contributed by atoms with Crippen LogP contribution in [0.25, 0.3) is 0 Å². The summed E-state index contributed by atoms with van der Waals surface area (Å²) in [5, 5.41) is 22.1. The van der Waals surface area contributed by atoms with Gasteiger partial charge in [0.15, 0.2) is 0 Å². The Morgan fingerprint density at radius 3 is 1.50 bits per heavy atom. The van der Waals surface area contributed by atoms with E-state index in [9.17, 15) is 0 Å². The highest BCUT2D eigenvalue weighted by molar-refractivity contribution is 4.75. The summed E-state index contributed by atoms with van der Waals surface area (Å²) in [7, 11) is 9.26. The Labute approximate surface area is 174 Å². The molecule has 5 aromatic rings. The molecule has 0 unspecified atom stereocenters. The molecule has 5 rings (SSSR count). The van der Waals surface area contributed by atoms with E-state index in [1.807, 2.05) is 51.2 Å². The van der Waals surface area contributed by atoms with Crippen molar-refractivity contribution in [3.8, 4) is 0 Å². The molecule has 30 heavy (non-hydrogen) atoms. The second-order valence-corrected chi connectivity index (χ2v) is 5.57. The quantitative estimate of drug-likeness (QED) is 0.354. The standard InChI is InChI=1S/2C4H6N2.3C3H5N3/c1-6-3-2-5-4-6;1-6-4-2-3-5-6;1-6-3-4-2-5-6;1-6-3-2-4-5-6;1-6-4-2-3-5-6/h2*2-4H,1H3;3*2-3H,1H3. The average molecular weight is 413 g/mol. The lowest BCUT2D eigenvalue weighted by Crippen LogP contribution is -1.89. The smallest absolute Gasteiger partial charge is 0.137 e. The molecule has 0 aliphatic heterocycles. The average Bonchev–Trinajstić information content (AvgIpc) is 3.50. The van der Waals surface area contributed by atoms with Crippen LogP contribution in [-0.2, 0) is 35.2 Å². The first kappa shape index (κ1) is 23.9. The third kappa shape index (κ3) is 13.1. The van der Waals surface area contributed by atoms with E-state index < -0.39 is 0 Å². The van der Waals surface area contributed by atoms with Gasteiger partial charge in [0.1, 0.15) is 12.7 Å². The van der Waals surface area contributed by atoms with Gasteiger partial charge in [0.25, 0.3) is 0 Å². The number of hydrogen-bond donors (Lipinski definition) is 0. The van der Waals surface area contributed by atoms with Crippen LogP contribution in [0.5, 0.6) is 0 Å². The molecule has 0 bridgehead atoms. The third-order valence-corrected chi connectivity index (χ3v) is 2.88. The van der Waals surface area contributed by atoms with Crippen LogP contribution in [0.3, 0.4) is 0 Å². The number of nitrogens with zero attached hydrogens (tertiary/aromatic N) is 13. The summed E-state index contributed by atoms with van der Waals surface area (Å²) < 4.78 is 6.92. The number of imidazole rings is 1. The predicted molar refractivity (Wildman–Crippen MR) is 109 cm³/mol. The molecule has 0 aromatic carbocycles. The molecule has 13 nitrogen and oxygen atoms in total. The zero-order chi connectivity index (χ0) is 22.0. The first-order valence-corrected chi connectivity index (χ1v) is 8.72. The monoisotopic (exact) mass is 413 g/mol. The Hall–Kier alpha value is -4.16. The van der Waals surface area contributed by atoms with Crippen molar-refractivity contribution in [2.45, 2.75) is 0 Å². The number of aromatic nitrogens is 13. The van der Waals surface area contributed by atoms with Crippen molar-refractivity contribution in [3.05, 3.63) is 74.6 Å². The molecule has 0 aliphatic rings. The van der Waals surface area contributed by atoms with Crippen LogP contribution in [0.15, 0.2) is 74.6 Å². The maximum atomic E-state index is 3.83. The highest BCUT2D eigenvalue weighted by Crippen LogP contribution is 1.74. The zero-order valence-corrected chi connectivity index (χ0v) is 17.7. The van der Waals surface area contributed by atoms with Gasteiger partial charge in [-0.25, -0.2) is 9.97 Å². The minimum absolute atomic E-state index is 1.50. The van der Waals surface area contributed by atoms with Gasteiger partial charge in [0.05, 0.1) is 24.9 Å². The second-order valence-electron chi connectivity index (χ2n) is 5.57. The van der Waals surface area contributed by atoms with Crippen LogP contribution in [-0.4, -0.2) is 64.1 Å². The Balaban J connectivity index is 0.000000187. The lowest BCUT2D eigenvalue weighted by Gasteiger charge is -1.77. The van der Waals surface area contributed by atoms with Crippen molar-refractivity contribution in [1.82, 2.24) is 64.1 Å². The van der Waals surface area contributed by atoms with Gasteiger partial charge in [-0.1, -0.05) is 5.21 Å². The molecule has 0 atom stereocenters. The summed E-state index contributed by atoms with van der Waals surface area (Å²) in [5.41, 5.74) is 0. The zero-order valence-electron chi connectivity index (χ0n) is 17.7. The number of hydrogen-bond acceptors (Lipinski definition) is 8. The molecule has 0 saturated carbocycles. The normalized spacial score (nSPS) is 8.83. The summed E-state index contributed by atoms with van der Waals surface area (Å²) >= 11 is 0. The lowest BCUT2D eigenvalue weighted by molar-refractivity contribution is 0.654. The van der Waals surface area contributed by atoms with Crippen LogP contribution in [0.1, 0.15) is 0 Å². The van der Waals surface area contributed by atoms with E-state index in [-0.39, 0.29) is 0 Å². The fourth-order valence-corrected chi connectivity index (χ4v) is 1.49. The van der Waals surface area contributed by atoms with Gasteiger partial charge >= 0.3 is 0 Å². The number of aryl methyl sites for hydroxylation is 5. The summed E-state index contributed by atoms with van der Waals surface area (Å²) in [4.78, 5) is 8.96. The largest absolute Gasteiger partial charge is 0.341 e. The molecular formula is C17H27N13. The van der Waals surface area contributed by atoms with Crippen LogP contribution in [0.4, 0.5) is 0 Å². The van der Waals surface area contributed by atoms with E-state index in [1.165, 1.54) is 11.1 Å². The molecule has 5 heterocycles. The summed E-state index contributed by atoms with van der Waals surface area (Å²) in [5.74, 6) is 0. The molecule has 160 valence electrons. The van der Waals surface area contributed by atoms with Gasteiger partial charge in [-0.2, -0.15) is 25.2 Å². The fourth-order valence-electron chi connectivity index (χ4n) is 1.49. The van der Waals surface area contributed by atoms with Gasteiger partial charge < -0.3 is 4.57 Å². The molecular weight excluding hydrogens is 386 g/mol. The van der Waals surface area contributed by atoms with Gasteiger partial charge in [-0.15, -0.1) is 5.10 Å². The van der Waals surface area contributed by atoms with Crippen molar-refractivity contribution in [3.63, 3.8) is 0 Å². The molecule has 0 N–H and O–H groups in total. The van der Waals surface area contributed by atoms with Crippen molar-refractivity contribution in [1.29, 1.82) is 0 Å². The summed E-state index contributed by atoms with van der Waals surface area (Å²) in [6.45, 7) is 0. The Morgan fingerprint density at radius 1 is 0.567 bits per heavy atom. The van der Waals surface area contributed by atoms with Crippen molar-refractivity contribution < 1.29 is 0 Å². The van der Waals surface area contributed by atoms with Crippen molar-refractivity contribution >= 4 is 0 Å². The van der Waals surface area contributed by atoms with Crippen LogP contribution >= 0.6 is 0 Å².